The van der Waals surface area contributed by atoms with Gasteiger partial charge in [-0.3, -0.25) is 9.69 Å². The number of rotatable bonds is 7. The zero-order valence-electron chi connectivity index (χ0n) is 24.9. The van der Waals surface area contributed by atoms with Crippen LogP contribution in [0.2, 0.25) is 0 Å². The predicted molar refractivity (Wildman–Crippen MR) is 165 cm³/mol. The molecule has 0 unspecified atom stereocenters. The molecule has 3 aliphatic heterocycles. The van der Waals surface area contributed by atoms with Gasteiger partial charge in [-0.15, -0.1) is 0 Å². The molecule has 42 heavy (non-hydrogen) atoms. The van der Waals surface area contributed by atoms with Crippen LogP contribution in [0.5, 0.6) is 0 Å². The van der Waals surface area contributed by atoms with E-state index in [0.717, 1.165) is 93.6 Å². The zero-order chi connectivity index (χ0) is 29.3. The molecule has 0 bridgehead atoms. The van der Waals surface area contributed by atoms with Gasteiger partial charge in [-0.2, -0.15) is 0 Å². The molecule has 1 aliphatic carbocycles. The molecule has 2 N–H and O–H groups in total. The van der Waals surface area contributed by atoms with Crippen molar-refractivity contribution < 1.29 is 14.3 Å². The van der Waals surface area contributed by atoms with E-state index in [1.165, 1.54) is 17.0 Å². The third-order valence-electron chi connectivity index (χ3n) is 9.37. The van der Waals surface area contributed by atoms with Crippen molar-refractivity contribution in [3.63, 3.8) is 0 Å². The molecule has 220 valence electrons. The van der Waals surface area contributed by atoms with Gasteiger partial charge in [-0.1, -0.05) is 68.0 Å². The highest BCUT2D eigenvalue weighted by atomic mass is 16.6. The van der Waals surface area contributed by atoms with Crippen LogP contribution < -0.4 is 10.6 Å². The van der Waals surface area contributed by atoms with Crippen LogP contribution in [0, 0.1) is 12.3 Å². The topological polar surface area (TPSA) is 79.1 Å². The minimum atomic E-state index is -0.337. The number of nitrogens with zero attached hydrogens (tertiary/aromatic N) is 3. The van der Waals surface area contributed by atoms with Crippen molar-refractivity contribution in [3.8, 4) is 0 Å². The van der Waals surface area contributed by atoms with Crippen molar-refractivity contribution in [2.24, 2.45) is 11.1 Å². The number of para-hydroxylation sites is 1. The van der Waals surface area contributed by atoms with Crippen molar-refractivity contribution in [3.05, 3.63) is 100 Å². The van der Waals surface area contributed by atoms with Gasteiger partial charge in [0.15, 0.2) is 0 Å². The SMILES string of the molecule is CCC/C=C1\C(C(N)=O)=C2CCCC2=C(N2CCC3(CC2)CN(C(=O)OCc2ccccc2)C3)N1c1ccccc1C. The molecule has 0 aromatic heterocycles. The van der Waals surface area contributed by atoms with Crippen LogP contribution in [0.15, 0.2) is 88.9 Å². The van der Waals surface area contributed by atoms with E-state index in [2.05, 4.69) is 54.0 Å². The third kappa shape index (κ3) is 5.21. The maximum Gasteiger partial charge on any atom is 0.410 e. The molecular weight excluding hydrogens is 524 g/mol. The number of ether oxygens (including phenoxy) is 1. The molecule has 7 nitrogen and oxygen atoms in total. The van der Waals surface area contributed by atoms with Crippen LogP contribution in [0.25, 0.3) is 0 Å². The summed E-state index contributed by atoms with van der Waals surface area (Å²) in [6.45, 7) is 7.93. The third-order valence-corrected chi connectivity index (χ3v) is 9.37. The Labute approximate surface area is 249 Å². The molecule has 1 spiro atoms. The molecule has 2 aromatic carbocycles. The average molecular weight is 567 g/mol. The van der Waals surface area contributed by atoms with Crippen molar-refractivity contribution >= 4 is 17.7 Å². The summed E-state index contributed by atoms with van der Waals surface area (Å²) < 4.78 is 5.59. The molecule has 0 atom stereocenters. The number of benzene rings is 2. The Bertz CT molecular complexity index is 1440. The van der Waals surface area contributed by atoms with E-state index in [9.17, 15) is 9.59 Å². The molecular formula is C35H42N4O3. The summed E-state index contributed by atoms with van der Waals surface area (Å²) in [5.41, 5.74) is 13.6. The first-order chi connectivity index (χ1) is 20.4. The van der Waals surface area contributed by atoms with E-state index < -0.39 is 0 Å². The Morgan fingerprint density at radius 1 is 0.976 bits per heavy atom. The Kier molecular flexibility index (Phi) is 7.84. The van der Waals surface area contributed by atoms with Gasteiger partial charge in [-0.25, -0.2) is 4.79 Å². The summed E-state index contributed by atoms with van der Waals surface area (Å²) in [4.78, 5) is 32.4. The number of hydrogen-bond acceptors (Lipinski definition) is 5. The van der Waals surface area contributed by atoms with E-state index in [-0.39, 0.29) is 17.4 Å². The summed E-state index contributed by atoms with van der Waals surface area (Å²) in [6, 6.07) is 18.3. The molecule has 2 saturated heterocycles. The van der Waals surface area contributed by atoms with Gasteiger partial charge in [0, 0.05) is 31.6 Å². The van der Waals surface area contributed by atoms with Gasteiger partial charge in [0.05, 0.1) is 17.0 Å². The van der Waals surface area contributed by atoms with Gasteiger partial charge in [0.2, 0.25) is 0 Å². The molecule has 3 heterocycles. The number of hydrogen-bond donors (Lipinski definition) is 1. The second-order valence-corrected chi connectivity index (χ2v) is 12.3. The number of likely N-dealkylation sites (tertiary alicyclic amines) is 2. The number of unbranched alkanes of at least 4 members (excludes halogenated alkanes) is 1. The van der Waals surface area contributed by atoms with Crippen molar-refractivity contribution in [2.45, 2.75) is 65.4 Å². The number of fused-ring (bicyclic) bond motifs is 1. The molecule has 6 rings (SSSR count). The van der Waals surface area contributed by atoms with Crippen LogP contribution in [0.4, 0.5) is 10.5 Å². The Morgan fingerprint density at radius 3 is 2.36 bits per heavy atom. The number of piperidine rings is 1. The first-order valence-electron chi connectivity index (χ1n) is 15.4. The van der Waals surface area contributed by atoms with E-state index in [0.29, 0.717) is 12.2 Å². The van der Waals surface area contributed by atoms with Crippen LogP contribution in [-0.4, -0.2) is 48.0 Å². The summed E-state index contributed by atoms with van der Waals surface area (Å²) in [5.74, 6) is 0.883. The lowest BCUT2D eigenvalue weighted by Crippen LogP contribution is -2.62. The van der Waals surface area contributed by atoms with E-state index in [4.69, 9.17) is 10.5 Å². The maximum atomic E-state index is 13.0. The second-order valence-electron chi connectivity index (χ2n) is 12.3. The van der Waals surface area contributed by atoms with Crippen molar-refractivity contribution in [2.75, 3.05) is 31.1 Å². The standard InChI is InChI=1S/C35H42N4O3/c1-3-4-16-30-31(32(36)40)27-14-10-15-28(27)33(39(30)29-17-9-8-11-25(29)2)37-20-18-35(19-21-37)23-38(24-35)34(41)42-22-26-12-6-5-7-13-26/h5-9,11-13,16-17H,3-4,10,14-15,18-24H2,1-2H3,(H2,36,40)/b30-16+. The summed E-state index contributed by atoms with van der Waals surface area (Å²) >= 11 is 0. The quantitative estimate of drug-likeness (QED) is 0.419. The average Bonchev–Trinajstić information content (AvgIpc) is 3.47. The monoisotopic (exact) mass is 566 g/mol. The molecule has 0 radical (unpaired) electrons. The van der Waals surface area contributed by atoms with Gasteiger partial charge >= 0.3 is 6.09 Å². The molecule has 4 aliphatic rings. The Balaban J connectivity index is 1.24. The van der Waals surface area contributed by atoms with Crippen molar-refractivity contribution in [1.29, 1.82) is 0 Å². The highest BCUT2D eigenvalue weighted by Crippen LogP contribution is 2.49. The second kappa shape index (κ2) is 11.7. The highest BCUT2D eigenvalue weighted by Gasteiger charge is 2.49. The fourth-order valence-electron chi connectivity index (χ4n) is 7.13. The number of allylic oxidation sites excluding steroid dienone is 3. The Hall–Kier alpha value is -4.00. The fraction of sp³-hybridized carbons (Fsp3) is 0.429. The van der Waals surface area contributed by atoms with Crippen LogP contribution in [0.1, 0.15) is 63.0 Å². The van der Waals surface area contributed by atoms with Crippen LogP contribution in [0.3, 0.4) is 0 Å². The summed E-state index contributed by atoms with van der Waals surface area (Å²) in [5, 5.41) is 0. The molecule has 3 fully saturated rings. The van der Waals surface area contributed by atoms with E-state index in [1.54, 1.807) is 0 Å². The lowest BCUT2D eigenvalue weighted by molar-refractivity contribution is -0.114. The van der Waals surface area contributed by atoms with Gasteiger partial charge in [0.25, 0.3) is 5.91 Å². The summed E-state index contributed by atoms with van der Waals surface area (Å²) in [6.07, 6.45) is 8.77. The van der Waals surface area contributed by atoms with Crippen LogP contribution >= 0.6 is 0 Å². The lowest BCUT2D eigenvalue weighted by Gasteiger charge is -2.55. The number of carbonyl (C=O) groups excluding carboxylic acids is 2. The van der Waals surface area contributed by atoms with Gasteiger partial charge in [0.1, 0.15) is 12.4 Å². The number of nitrogens with two attached hydrogens (primary N) is 1. The minimum absolute atomic E-state index is 0.142. The Morgan fingerprint density at radius 2 is 1.67 bits per heavy atom. The minimum Gasteiger partial charge on any atom is -0.445 e. The number of anilines is 1. The van der Waals surface area contributed by atoms with Gasteiger partial charge in [-0.05, 0) is 73.8 Å². The lowest BCUT2D eigenvalue weighted by atomic mass is 9.72. The number of carbonyl (C=O) groups is 2. The van der Waals surface area contributed by atoms with Gasteiger partial charge < -0.3 is 20.3 Å². The fourth-order valence-corrected chi connectivity index (χ4v) is 7.13. The normalized spacial score (nSPS) is 20.7. The zero-order valence-corrected chi connectivity index (χ0v) is 24.9. The molecule has 2 amide bonds. The van der Waals surface area contributed by atoms with Crippen molar-refractivity contribution in [1.82, 2.24) is 9.80 Å². The molecule has 2 aromatic rings. The predicted octanol–water partition coefficient (Wildman–Crippen LogP) is 6.41. The van der Waals surface area contributed by atoms with Crippen LogP contribution in [-0.2, 0) is 16.1 Å². The molecule has 1 saturated carbocycles. The van der Waals surface area contributed by atoms with E-state index >= 15 is 0 Å². The number of aryl methyl sites for hydroxylation is 1. The first-order valence-corrected chi connectivity index (χ1v) is 15.4. The highest BCUT2D eigenvalue weighted by molar-refractivity contribution is 6.01. The number of amides is 2. The summed E-state index contributed by atoms with van der Waals surface area (Å²) in [7, 11) is 0. The maximum absolute atomic E-state index is 13.0. The first kappa shape index (κ1) is 28.1. The smallest absolute Gasteiger partial charge is 0.410 e. The number of primary amides is 1. The molecule has 7 heteroatoms. The largest absolute Gasteiger partial charge is 0.445 e. The van der Waals surface area contributed by atoms with E-state index in [1.807, 2.05) is 35.2 Å².